The molecule has 2 atom stereocenters. The Hall–Kier alpha value is -1.92. The second-order valence-electron chi connectivity index (χ2n) is 26.7. The van der Waals surface area contributed by atoms with Crippen molar-refractivity contribution in [1.29, 1.82) is 0 Å². The summed E-state index contributed by atoms with van der Waals surface area (Å²) in [4.78, 5) is 24.6. The zero-order valence-corrected chi connectivity index (χ0v) is 57.6. The Morgan fingerprint density at radius 3 is 0.906 bits per heavy atom. The van der Waals surface area contributed by atoms with Crippen LogP contribution in [0.25, 0.3) is 0 Å². The number of carbonyl (C=O) groups excluding carboxylic acids is 2. The summed E-state index contributed by atoms with van der Waals surface area (Å²) < 4.78 is 5.50. The topological polar surface area (TPSA) is 95.9 Å². The third kappa shape index (κ3) is 71.0. The first kappa shape index (κ1) is 83.1. The van der Waals surface area contributed by atoms with Crippen molar-refractivity contribution in [3.05, 3.63) is 36.5 Å². The molecular weight excluding hydrogens is 1040 g/mol. The zero-order valence-electron chi connectivity index (χ0n) is 57.6. The number of carbonyl (C=O) groups is 2. The SMILES string of the molecule is CCCCCC/C=C\C/C=C\CCCCCCCC(=O)OCCCCCCCCCCCCCCCCCCCCCCCCCCCCCCCCCCCCCC(=O)NC(CO)C(O)/C=C/CCCCCCCCCCCCCCCCC. The van der Waals surface area contributed by atoms with Crippen molar-refractivity contribution in [2.24, 2.45) is 0 Å². The van der Waals surface area contributed by atoms with Gasteiger partial charge in [-0.3, -0.25) is 9.59 Å². The molecule has 6 heteroatoms. The molecule has 0 aromatic rings. The second kappa shape index (κ2) is 74.5. The minimum Gasteiger partial charge on any atom is -0.466 e. The number of rotatable bonds is 73. The number of unbranched alkanes of at least 4 members (excludes halogenated alkanes) is 58. The minimum atomic E-state index is -0.841. The van der Waals surface area contributed by atoms with E-state index in [1.807, 2.05) is 6.08 Å². The summed E-state index contributed by atoms with van der Waals surface area (Å²) in [6, 6.07) is -0.624. The fraction of sp³-hybridized carbons (Fsp3) is 0.899. The lowest BCUT2D eigenvalue weighted by molar-refractivity contribution is -0.143. The number of nitrogens with one attached hydrogen (secondary N) is 1. The van der Waals surface area contributed by atoms with Crippen molar-refractivity contribution in [1.82, 2.24) is 5.32 Å². The Balaban J connectivity index is 3.33. The van der Waals surface area contributed by atoms with Crippen LogP contribution in [0.5, 0.6) is 0 Å². The molecule has 6 nitrogen and oxygen atoms in total. The van der Waals surface area contributed by atoms with Gasteiger partial charge in [-0.05, 0) is 64.2 Å². The van der Waals surface area contributed by atoms with Crippen molar-refractivity contribution in [2.45, 2.75) is 443 Å². The number of esters is 1. The van der Waals surface area contributed by atoms with Gasteiger partial charge in [-0.25, -0.2) is 0 Å². The van der Waals surface area contributed by atoms with Crippen molar-refractivity contribution in [2.75, 3.05) is 13.2 Å². The van der Waals surface area contributed by atoms with Gasteiger partial charge in [0.05, 0.1) is 25.4 Å². The quantitative estimate of drug-likeness (QED) is 0.0320. The van der Waals surface area contributed by atoms with Crippen molar-refractivity contribution in [3.63, 3.8) is 0 Å². The molecule has 0 rings (SSSR count). The summed E-state index contributed by atoms with van der Waals surface area (Å²) in [5, 5.41) is 23.2. The molecule has 0 radical (unpaired) electrons. The first-order valence-corrected chi connectivity index (χ1v) is 38.8. The summed E-state index contributed by atoms with van der Waals surface area (Å²) in [5.41, 5.74) is 0. The molecule has 0 aromatic carbocycles. The van der Waals surface area contributed by atoms with Crippen molar-refractivity contribution < 1.29 is 24.5 Å². The van der Waals surface area contributed by atoms with Gasteiger partial charge in [-0.15, -0.1) is 0 Å². The second-order valence-corrected chi connectivity index (χ2v) is 26.7. The molecule has 0 aliphatic rings. The van der Waals surface area contributed by atoms with Gasteiger partial charge in [-0.1, -0.05) is 391 Å². The van der Waals surface area contributed by atoms with Gasteiger partial charge in [-0.2, -0.15) is 0 Å². The molecule has 502 valence electrons. The molecule has 0 spiro atoms. The van der Waals surface area contributed by atoms with Crippen LogP contribution in [0.3, 0.4) is 0 Å². The average Bonchev–Trinajstić information content (AvgIpc) is 3.50. The molecule has 0 aromatic heterocycles. The van der Waals surface area contributed by atoms with Crippen LogP contribution in [-0.2, 0) is 14.3 Å². The Morgan fingerprint density at radius 2 is 0.588 bits per heavy atom. The predicted octanol–water partition coefficient (Wildman–Crippen LogP) is 25.4. The molecule has 1 amide bonds. The predicted molar refractivity (Wildman–Crippen MR) is 375 cm³/mol. The fourth-order valence-corrected chi connectivity index (χ4v) is 12.3. The lowest BCUT2D eigenvalue weighted by atomic mass is 10.0. The van der Waals surface area contributed by atoms with Gasteiger partial charge < -0.3 is 20.3 Å². The summed E-state index contributed by atoms with van der Waals surface area (Å²) in [6.45, 7) is 4.92. The molecule has 2 unspecified atom stereocenters. The molecule has 0 heterocycles. The van der Waals surface area contributed by atoms with E-state index >= 15 is 0 Å². The lowest BCUT2D eigenvalue weighted by Crippen LogP contribution is -2.45. The van der Waals surface area contributed by atoms with Crippen molar-refractivity contribution in [3.8, 4) is 0 Å². The van der Waals surface area contributed by atoms with Crippen LogP contribution in [0.1, 0.15) is 431 Å². The van der Waals surface area contributed by atoms with Gasteiger partial charge in [0.1, 0.15) is 0 Å². The van der Waals surface area contributed by atoms with Crippen molar-refractivity contribution >= 4 is 11.9 Å². The van der Waals surface area contributed by atoms with Gasteiger partial charge in [0.25, 0.3) is 0 Å². The molecule has 0 saturated heterocycles. The monoisotopic (exact) mass is 1190 g/mol. The van der Waals surface area contributed by atoms with E-state index in [0.717, 1.165) is 51.4 Å². The van der Waals surface area contributed by atoms with E-state index in [1.54, 1.807) is 6.08 Å². The van der Waals surface area contributed by atoms with E-state index in [1.165, 1.54) is 353 Å². The minimum absolute atomic E-state index is 0.00940. The number of allylic oxidation sites excluding steroid dienone is 5. The summed E-state index contributed by atoms with van der Waals surface area (Å²) in [7, 11) is 0. The van der Waals surface area contributed by atoms with Crippen LogP contribution in [0.15, 0.2) is 36.5 Å². The number of amides is 1. The maximum Gasteiger partial charge on any atom is 0.305 e. The van der Waals surface area contributed by atoms with Gasteiger partial charge in [0, 0.05) is 12.8 Å². The fourth-order valence-electron chi connectivity index (χ4n) is 12.3. The highest BCUT2D eigenvalue weighted by Crippen LogP contribution is 2.20. The maximum atomic E-state index is 12.5. The van der Waals surface area contributed by atoms with E-state index in [-0.39, 0.29) is 18.5 Å². The molecule has 3 N–H and O–H groups in total. The number of aliphatic hydroxyl groups excluding tert-OH is 2. The Morgan fingerprint density at radius 1 is 0.329 bits per heavy atom. The van der Waals surface area contributed by atoms with E-state index in [2.05, 4.69) is 43.5 Å². The van der Waals surface area contributed by atoms with Crippen LogP contribution in [0, 0.1) is 0 Å². The molecule has 0 bridgehead atoms. The third-order valence-corrected chi connectivity index (χ3v) is 18.2. The molecule has 85 heavy (non-hydrogen) atoms. The molecule has 0 aliphatic carbocycles. The van der Waals surface area contributed by atoms with E-state index in [4.69, 9.17) is 4.74 Å². The van der Waals surface area contributed by atoms with Crippen LogP contribution in [-0.4, -0.2) is 47.4 Å². The Labute approximate surface area is 532 Å². The van der Waals surface area contributed by atoms with Gasteiger partial charge in [0.15, 0.2) is 0 Å². The standard InChI is InChI=1S/C79H151NO5/c1-3-5-7-9-11-13-15-17-19-40-43-47-51-55-59-63-67-71-77(82)76(75-81)80-78(83)72-68-64-60-56-52-48-44-41-38-36-34-32-30-28-26-24-22-21-23-25-27-29-31-33-35-37-39-42-46-50-54-58-62-66-70-74-85-79(84)73-69-65-61-57-53-49-45-20-18-16-14-12-10-8-6-4-2/h14,16,20,45,67,71,76-77,81-82H,3-13,15,17-19,21-44,46-66,68-70,72-75H2,1-2H3,(H,80,83)/b16-14-,45-20-,71-67+. The smallest absolute Gasteiger partial charge is 0.305 e. The van der Waals surface area contributed by atoms with Crippen LogP contribution >= 0.6 is 0 Å². The number of hydrogen-bond acceptors (Lipinski definition) is 5. The first-order chi connectivity index (χ1) is 42.0. The maximum absolute atomic E-state index is 12.5. The van der Waals surface area contributed by atoms with Gasteiger partial charge in [0.2, 0.25) is 5.91 Å². The third-order valence-electron chi connectivity index (χ3n) is 18.2. The zero-order chi connectivity index (χ0) is 61.3. The number of hydrogen-bond donors (Lipinski definition) is 3. The van der Waals surface area contributed by atoms with Crippen LogP contribution in [0.2, 0.25) is 0 Å². The summed E-state index contributed by atoms with van der Waals surface area (Å²) >= 11 is 0. The molecule has 0 fully saturated rings. The first-order valence-electron chi connectivity index (χ1n) is 38.8. The Bertz CT molecular complexity index is 1380. The lowest BCUT2D eigenvalue weighted by Gasteiger charge is -2.20. The number of ether oxygens (including phenoxy) is 1. The normalized spacial score (nSPS) is 12.7. The van der Waals surface area contributed by atoms with E-state index < -0.39 is 12.1 Å². The summed E-state index contributed by atoms with van der Waals surface area (Å²) in [5.74, 6) is -0.0499. The molecule has 0 aliphatic heterocycles. The highest BCUT2D eigenvalue weighted by atomic mass is 16.5. The molecule has 0 saturated carbocycles. The highest BCUT2D eigenvalue weighted by molar-refractivity contribution is 5.76. The highest BCUT2D eigenvalue weighted by Gasteiger charge is 2.18. The van der Waals surface area contributed by atoms with E-state index in [0.29, 0.717) is 19.4 Å². The van der Waals surface area contributed by atoms with E-state index in [9.17, 15) is 19.8 Å². The van der Waals surface area contributed by atoms with Gasteiger partial charge >= 0.3 is 5.97 Å². The van der Waals surface area contributed by atoms with Crippen LogP contribution < -0.4 is 5.32 Å². The summed E-state index contributed by atoms with van der Waals surface area (Å²) in [6.07, 6.45) is 96.9. The Kier molecular flexibility index (Phi) is 72.9. The molecular formula is C79H151NO5. The number of aliphatic hydroxyl groups is 2. The largest absolute Gasteiger partial charge is 0.466 e. The average molecular weight is 1200 g/mol. The van der Waals surface area contributed by atoms with Crippen LogP contribution in [0.4, 0.5) is 0 Å².